The van der Waals surface area contributed by atoms with E-state index in [4.69, 9.17) is 20.9 Å². The summed E-state index contributed by atoms with van der Waals surface area (Å²) in [6, 6.07) is 11.7. The van der Waals surface area contributed by atoms with E-state index in [0.29, 0.717) is 18.1 Å². The van der Waals surface area contributed by atoms with Gasteiger partial charge in [0.1, 0.15) is 6.61 Å². The van der Waals surface area contributed by atoms with E-state index in [1.165, 1.54) is 0 Å². The molecule has 10 heteroatoms. The summed E-state index contributed by atoms with van der Waals surface area (Å²) in [6.45, 7) is 2.47. The Bertz CT molecular complexity index is 1060. The van der Waals surface area contributed by atoms with Crippen molar-refractivity contribution in [2.75, 3.05) is 12.8 Å². The maximum Gasteiger partial charge on any atom is 0.224 e. The second kappa shape index (κ2) is 9.20. The SMILES string of the molecule is COc1cc(/C=[NH+]\N=C(N)c2nonc2N)cc(Br)c1OCc1ccccc1C. The molecule has 0 radical (unpaired) electrons. The molecule has 0 aliphatic rings. The van der Waals surface area contributed by atoms with Crippen molar-refractivity contribution in [2.45, 2.75) is 13.5 Å². The molecule has 3 rings (SSSR count). The number of rotatable bonds is 7. The van der Waals surface area contributed by atoms with Crippen molar-refractivity contribution >= 4 is 33.8 Å². The van der Waals surface area contributed by atoms with Crippen LogP contribution in [0.3, 0.4) is 0 Å². The van der Waals surface area contributed by atoms with Crippen molar-refractivity contribution in [1.82, 2.24) is 10.3 Å². The summed E-state index contributed by atoms with van der Waals surface area (Å²) in [5.74, 6) is 1.29. The van der Waals surface area contributed by atoms with Crippen molar-refractivity contribution in [3.63, 3.8) is 0 Å². The lowest BCUT2D eigenvalue weighted by Crippen LogP contribution is -2.63. The summed E-state index contributed by atoms with van der Waals surface area (Å²) in [6.07, 6.45) is 1.63. The molecule has 0 bridgehead atoms. The first-order chi connectivity index (χ1) is 14.0. The summed E-state index contributed by atoms with van der Waals surface area (Å²) in [5.41, 5.74) is 14.6. The molecule has 0 spiro atoms. The number of halogens is 1. The number of ether oxygens (including phenoxy) is 2. The highest BCUT2D eigenvalue weighted by Crippen LogP contribution is 2.36. The molecule has 3 aromatic rings. The van der Waals surface area contributed by atoms with Crippen LogP contribution in [0.1, 0.15) is 22.4 Å². The van der Waals surface area contributed by atoms with Gasteiger partial charge in [0, 0.05) is 10.7 Å². The van der Waals surface area contributed by atoms with E-state index in [1.807, 2.05) is 43.3 Å². The van der Waals surface area contributed by atoms with E-state index in [2.05, 4.69) is 41.1 Å². The van der Waals surface area contributed by atoms with Gasteiger partial charge in [-0.3, -0.25) is 0 Å². The first kappa shape index (κ1) is 20.3. The second-order valence-electron chi connectivity index (χ2n) is 6.02. The van der Waals surface area contributed by atoms with E-state index in [9.17, 15) is 0 Å². The smallest absolute Gasteiger partial charge is 0.224 e. The number of aromatic nitrogens is 2. The van der Waals surface area contributed by atoms with E-state index < -0.39 is 0 Å². The van der Waals surface area contributed by atoms with E-state index in [1.54, 1.807) is 13.3 Å². The largest absolute Gasteiger partial charge is 0.493 e. The van der Waals surface area contributed by atoms with Crippen LogP contribution in [0.15, 0.2) is 50.6 Å². The van der Waals surface area contributed by atoms with Gasteiger partial charge < -0.3 is 20.9 Å². The van der Waals surface area contributed by atoms with Gasteiger partial charge in [-0.1, -0.05) is 24.3 Å². The first-order valence-corrected chi connectivity index (χ1v) is 9.34. The molecule has 0 aliphatic carbocycles. The zero-order valence-electron chi connectivity index (χ0n) is 15.8. The maximum atomic E-state index is 5.99. The lowest BCUT2D eigenvalue weighted by atomic mass is 10.1. The van der Waals surface area contributed by atoms with Crippen molar-refractivity contribution in [1.29, 1.82) is 0 Å². The number of nitrogens with one attached hydrogen (secondary N) is 1. The lowest BCUT2D eigenvalue weighted by Gasteiger charge is -2.14. The van der Waals surface area contributed by atoms with Gasteiger partial charge in [0.15, 0.2) is 23.0 Å². The fourth-order valence-corrected chi connectivity index (χ4v) is 3.06. The summed E-state index contributed by atoms with van der Waals surface area (Å²) >= 11 is 3.53. The van der Waals surface area contributed by atoms with E-state index in [-0.39, 0.29) is 17.3 Å². The summed E-state index contributed by atoms with van der Waals surface area (Å²) < 4.78 is 16.7. The monoisotopic (exact) mass is 459 g/mol. The molecule has 0 saturated heterocycles. The van der Waals surface area contributed by atoms with Crippen LogP contribution in [-0.4, -0.2) is 29.5 Å². The number of methoxy groups -OCH3 is 1. The number of hydrogen-bond donors (Lipinski definition) is 3. The van der Waals surface area contributed by atoms with Crippen LogP contribution in [-0.2, 0) is 6.61 Å². The van der Waals surface area contributed by atoms with Crippen LogP contribution in [0, 0.1) is 6.92 Å². The molecule has 0 aliphatic heterocycles. The van der Waals surface area contributed by atoms with Gasteiger partial charge in [0.2, 0.25) is 12.1 Å². The minimum Gasteiger partial charge on any atom is -0.493 e. The van der Waals surface area contributed by atoms with E-state index >= 15 is 0 Å². The lowest BCUT2D eigenvalue weighted by molar-refractivity contribution is -0.456. The van der Waals surface area contributed by atoms with Crippen LogP contribution in [0.2, 0.25) is 0 Å². The number of hydrogen-bond acceptors (Lipinski definition) is 7. The molecule has 1 aromatic heterocycles. The highest BCUT2D eigenvalue weighted by Gasteiger charge is 2.14. The Hall–Kier alpha value is -3.40. The molecule has 9 nitrogen and oxygen atoms in total. The standard InChI is InChI=1S/C19H19BrN6O3/c1-11-5-3-4-6-13(11)10-28-17-14(20)7-12(8-15(17)27-2)9-23-24-18(21)16-19(22)26-29-25-16/h3-9H,10H2,1-2H3,(H2,21,24)(H2,22,26)/p+1/b23-9-. The second-order valence-corrected chi connectivity index (χ2v) is 6.87. The molecule has 0 saturated carbocycles. The molecule has 2 aromatic carbocycles. The molecular weight excluding hydrogens is 440 g/mol. The Morgan fingerprint density at radius 1 is 1.31 bits per heavy atom. The molecule has 0 amide bonds. The van der Waals surface area contributed by atoms with Gasteiger partial charge in [0.05, 0.1) is 11.6 Å². The number of aryl methyl sites for hydroxylation is 1. The van der Waals surface area contributed by atoms with Crippen molar-refractivity contribution < 1.29 is 19.2 Å². The van der Waals surface area contributed by atoms with Gasteiger partial charge >= 0.3 is 0 Å². The molecule has 5 N–H and O–H groups in total. The fraction of sp³-hybridized carbons (Fsp3) is 0.158. The van der Waals surface area contributed by atoms with Crippen LogP contribution < -0.4 is 26.0 Å². The van der Waals surface area contributed by atoms with Crippen molar-refractivity contribution in [3.05, 3.63) is 63.3 Å². The summed E-state index contributed by atoms with van der Waals surface area (Å²) in [4.78, 5) is 0. The molecule has 0 fully saturated rings. The number of nitrogens with zero attached hydrogens (tertiary/aromatic N) is 3. The number of anilines is 1. The Morgan fingerprint density at radius 2 is 2.10 bits per heavy atom. The first-order valence-electron chi connectivity index (χ1n) is 8.54. The molecule has 0 unspecified atom stereocenters. The van der Waals surface area contributed by atoms with Crippen molar-refractivity contribution in [2.24, 2.45) is 10.8 Å². The molecule has 29 heavy (non-hydrogen) atoms. The molecule has 150 valence electrons. The quantitative estimate of drug-likeness (QED) is 0.273. The van der Waals surface area contributed by atoms with Gasteiger partial charge in [-0.05, 0) is 56.4 Å². The number of nitrogens with two attached hydrogens (primary N) is 2. The Morgan fingerprint density at radius 3 is 2.79 bits per heavy atom. The minimum atomic E-state index is 0.0456. The Labute approximate surface area is 175 Å². The number of amidine groups is 1. The fourth-order valence-electron chi connectivity index (χ4n) is 2.49. The third-order valence-corrected chi connectivity index (χ3v) is 4.65. The number of hydrazone groups is 1. The summed E-state index contributed by atoms with van der Waals surface area (Å²) in [7, 11) is 1.58. The molecular formula is C19H20BrN6O3+. The maximum absolute atomic E-state index is 5.99. The normalized spacial score (nSPS) is 11.8. The highest BCUT2D eigenvalue weighted by molar-refractivity contribution is 9.10. The van der Waals surface area contributed by atoms with Crippen LogP contribution >= 0.6 is 15.9 Å². The number of nitrogen functional groups attached to an aromatic ring is 1. The van der Waals surface area contributed by atoms with Crippen LogP contribution in [0.25, 0.3) is 0 Å². The average Bonchev–Trinajstić information content (AvgIpc) is 3.14. The van der Waals surface area contributed by atoms with E-state index in [0.717, 1.165) is 21.2 Å². The predicted octanol–water partition coefficient (Wildman–Crippen LogP) is 1.13. The third-order valence-electron chi connectivity index (χ3n) is 4.06. The summed E-state index contributed by atoms with van der Waals surface area (Å²) in [5, 5.41) is 13.7. The van der Waals surface area contributed by atoms with Gasteiger partial charge in [-0.15, -0.1) is 5.10 Å². The third kappa shape index (κ3) is 4.91. The van der Waals surface area contributed by atoms with Crippen LogP contribution in [0.5, 0.6) is 11.5 Å². The van der Waals surface area contributed by atoms with Gasteiger partial charge in [-0.25, -0.2) is 4.63 Å². The molecule has 1 heterocycles. The molecule has 0 atom stereocenters. The van der Waals surface area contributed by atoms with Gasteiger partial charge in [0.25, 0.3) is 0 Å². The topological polar surface area (TPSA) is 136 Å². The Balaban J connectivity index is 1.77. The zero-order chi connectivity index (χ0) is 20.8. The highest BCUT2D eigenvalue weighted by atomic mass is 79.9. The average molecular weight is 460 g/mol. The number of benzene rings is 2. The van der Waals surface area contributed by atoms with Crippen molar-refractivity contribution in [3.8, 4) is 11.5 Å². The zero-order valence-corrected chi connectivity index (χ0v) is 17.4. The minimum absolute atomic E-state index is 0.0456. The predicted molar refractivity (Wildman–Crippen MR) is 112 cm³/mol. The van der Waals surface area contributed by atoms with Gasteiger partial charge in [-0.2, -0.15) is 0 Å². The Kier molecular flexibility index (Phi) is 6.45. The van der Waals surface area contributed by atoms with Crippen LogP contribution in [0.4, 0.5) is 5.82 Å².